The monoisotopic (exact) mass is 278 g/mol. The quantitative estimate of drug-likeness (QED) is 0.682. The van der Waals surface area contributed by atoms with Crippen LogP contribution >= 0.6 is 0 Å². The summed E-state index contributed by atoms with van der Waals surface area (Å²) < 4.78 is 0. The fourth-order valence-corrected chi connectivity index (χ4v) is 2.47. The van der Waals surface area contributed by atoms with Crippen molar-refractivity contribution in [2.45, 2.75) is 45.6 Å². The minimum absolute atomic E-state index is 0.139. The Morgan fingerprint density at radius 2 is 1.95 bits per heavy atom. The highest BCUT2D eigenvalue weighted by Crippen LogP contribution is 2.20. The number of nitrogens with zero attached hydrogens (tertiary/aromatic N) is 1. The van der Waals surface area contributed by atoms with Crippen LogP contribution in [0.25, 0.3) is 0 Å². The Labute approximate surface area is 124 Å². The van der Waals surface area contributed by atoms with E-state index < -0.39 is 0 Å². The SMILES string of the molecule is CCN(CCCCC(C)(CO)NC)c1ccccc1C. The van der Waals surface area contributed by atoms with Gasteiger partial charge in [0.05, 0.1) is 6.61 Å². The lowest BCUT2D eigenvalue weighted by Gasteiger charge is -2.28. The summed E-state index contributed by atoms with van der Waals surface area (Å²) in [6, 6.07) is 8.56. The summed E-state index contributed by atoms with van der Waals surface area (Å²) >= 11 is 0. The van der Waals surface area contributed by atoms with Crippen LogP contribution in [0.2, 0.25) is 0 Å². The molecular formula is C17H30N2O. The summed E-state index contributed by atoms with van der Waals surface area (Å²) in [5.74, 6) is 0. The predicted molar refractivity (Wildman–Crippen MR) is 87.5 cm³/mol. The maximum Gasteiger partial charge on any atom is 0.0610 e. The summed E-state index contributed by atoms with van der Waals surface area (Å²) in [6.07, 6.45) is 3.28. The number of benzene rings is 1. The van der Waals surface area contributed by atoms with Crippen molar-refractivity contribution in [1.29, 1.82) is 0 Å². The Bertz CT molecular complexity index is 388. The standard InChI is InChI=1S/C17H30N2O/c1-5-19(16-11-7-6-10-15(16)2)13-9-8-12-17(3,14-20)18-4/h6-7,10-11,18,20H,5,8-9,12-14H2,1-4H3. The molecule has 0 radical (unpaired) electrons. The molecule has 0 heterocycles. The van der Waals surface area contributed by atoms with E-state index in [1.54, 1.807) is 0 Å². The average molecular weight is 278 g/mol. The molecule has 0 aliphatic heterocycles. The molecule has 0 amide bonds. The largest absolute Gasteiger partial charge is 0.394 e. The van der Waals surface area contributed by atoms with Gasteiger partial charge in [0.25, 0.3) is 0 Å². The molecule has 0 aliphatic rings. The van der Waals surface area contributed by atoms with Crippen molar-refractivity contribution >= 4 is 5.69 Å². The minimum Gasteiger partial charge on any atom is -0.394 e. The molecule has 1 aromatic carbocycles. The zero-order valence-electron chi connectivity index (χ0n) is 13.4. The van der Waals surface area contributed by atoms with Gasteiger partial charge in [0.2, 0.25) is 0 Å². The number of anilines is 1. The highest BCUT2D eigenvalue weighted by atomic mass is 16.3. The van der Waals surface area contributed by atoms with Crippen LogP contribution in [0.4, 0.5) is 5.69 Å². The highest BCUT2D eigenvalue weighted by molar-refractivity contribution is 5.52. The fourth-order valence-electron chi connectivity index (χ4n) is 2.47. The van der Waals surface area contributed by atoms with E-state index in [2.05, 4.69) is 55.3 Å². The van der Waals surface area contributed by atoms with Crippen LogP contribution in [-0.2, 0) is 0 Å². The van der Waals surface area contributed by atoms with E-state index in [0.717, 1.165) is 32.4 Å². The van der Waals surface area contributed by atoms with E-state index in [9.17, 15) is 5.11 Å². The molecular weight excluding hydrogens is 248 g/mol. The van der Waals surface area contributed by atoms with Crippen molar-refractivity contribution in [2.75, 3.05) is 31.6 Å². The lowest BCUT2D eigenvalue weighted by atomic mass is 9.96. The Morgan fingerprint density at radius 3 is 2.50 bits per heavy atom. The lowest BCUT2D eigenvalue weighted by Crippen LogP contribution is -2.43. The summed E-state index contributed by atoms with van der Waals surface area (Å²) in [5.41, 5.74) is 2.54. The van der Waals surface area contributed by atoms with E-state index in [-0.39, 0.29) is 12.1 Å². The number of para-hydroxylation sites is 1. The Balaban J connectivity index is 2.45. The van der Waals surface area contributed by atoms with Gasteiger partial charge in [-0.2, -0.15) is 0 Å². The van der Waals surface area contributed by atoms with Gasteiger partial charge in [0, 0.05) is 24.3 Å². The second kappa shape index (κ2) is 8.28. The van der Waals surface area contributed by atoms with Gasteiger partial charge in [0.15, 0.2) is 0 Å². The van der Waals surface area contributed by atoms with Crippen LogP contribution in [-0.4, -0.2) is 37.4 Å². The number of nitrogens with one attached hydrogen (secondary N) is 1. The smallest absolute Gasteiger partial charge is 0.0610 e. The lowest BCUT2D eigenvalue weighted by molar-refractivity contribution is 0.171. The molecule has 1 unspecified atom stereocenters. The molecule has 1 rings (SSSR count). The van der Waals surface area contributed by atoms with Crippen LogP contribution in [0, 0.1) is 6.92 Å². The number of hydrogen-bond donors (Lipinski definition) is 2. The van der Waals surface area contributed by atoms with Gasteiger partial charge >= 0.3 is 0 Å². The van der Waals surface area contributed by atoms with Crippen molar-refractivity contribution in [1.82, 2.24) is 5.32 Å². The molecule has 1 aromatic rings. The first-order valence-corrected chi connectivity index (χ1v) is 7.66. The third-order valence-corrected chi connectivity index (χ3v) is 4.20. The molecule has 20 heavy (non-hydrogen) atoms. The van der Waals surface area contributed by atoms with E-state index in [4.69, 9.17) is 0 Å². The third kappa shape index (κ3) is 4.80. The van der Waals surface area contributed by atoms with Crippen molar-refractivity contribution in [3.63, 3.8) is 0 Å². The second-order valence-corrected chi connectivity index (χ2v) is 5.79. The Hall–Kier alpha value is -1.06. The summed E-state index contributed by atoms with van der Waals surface area (Å²) in [7, 11) is 1.92. The highest BCUT2D eigenvalue weighted by Gasteiger charge is 2.19. The third-order valence-electron chi connectivity index (χ3n) is 4.20. The number of likely N-dealkylation sites (N-methyl/N-ethyl adjacent to an activating group) is 1. The first-order valence-electron chi connectivity index (χ1n) is 7.66. The molecule has 1 atom stereocenters. The zero-order valence-corrected chi connectivity index (χ0v) is 13.4. The molecule has 3 heteroatoms. The molecule has 2 N–H and O–H groups in total. The summed E-state index contributed by atoms with van der Waals surface area (Å²) in [5, 5.41) is 12.6. The summed E-state index contributed by atoms with van der Waals surface area (Å²) in [4.78, 5) is 2.44. The number of aliphatic hydroxyl groups is 1. The van der Waals surface area contributed by atoms with E-state index in [1.165, 1.54) is 11.3 Å². The molecule has 114 valence electrons. The van der Waals surface area contributed by atoms with Crippen LogP contribution < -0.4 is 10.2 Å². The maximum absolute atomic E-state index is 9.38. The number of hydrogen-bond acceptors (Lipinski definition) is 3. The van der Waals surface area contributed by atoms with Gasteiger partial charge in [-0.25, -0.2) is 0 Å². The number of aryl methyl sites for hydroxylation is 1. The molecule has 0 saturated carbocycles. The van der Waals surface area contributed by atoms with E-state index in [0.29, 0.717) is 0 Å². The molecule has 0 bridgehead atoms. The van der Waals surface area contributed by atoms with E-state index >= 15 is 0 Å². The molecule has 3 nitrogen and oxygen atoms in total. The van der Waals surface area contributed by atoms with Crippen LogP contribution in [0.1, 0.15) is 38.7 Å². The van der Waals surface area contributed by atoms with Crippen molar-refractivity contribution in [2.24, 2.45) is 0 Å². The topological polar surface area (TPSA) is 35.5 Å². The average Bonchev–Trinajstić information content (AvgIpc) is 2.48. The number of aliphatic hydroxyl groups excluding tert-OH is 1. The van der Waals surface area contributed by atoms with Gasteiger partial charge < -0.3 is 15.3 Å². The Morgan fingerprint density at radius 1 is 1.25 bits per heavy atom. The van der Waals surface area contributed by atoms with Gasteiger partial charge in [-0.3, -0.25) is 0 Å². The number of unbranched alkanes of at least 4 members (excludes halogenated alkanes) is 1. The molecule has 0 saturated heterocycles. The van der Waals surface area contributed by atoms with Crippen molar-refractivity contribution in [3.05, 3.63) is 29.8 Å². The van der Waals surface area contributed by atoms with Crippen LogP contribution in [0.3, 0.4) is 0 Å². The van der Waals surface area contributed by atoms with E-state index in [1.807, 2.05) is 7.05 Å². The van der Waals surface area contributed by atoms with Crippen LogP contribution in [0.5, 0.6) is 0 Å². The summed E-state index contributed by atoms with van der Waals surface area (Å²) in [6.45, 7) is 8.76. The normalized spacial score (nSPS) is 14.1. The first kappa shape index (κ1) is 17.0. The predicted octanol–water partition coefficient (Wildman–Crippen LogP) is 2.96. The maximum atomic E-state index is 9.38. The molecule has 0 aromatic heterocycles. The van der Waals surface area contributed by atoms with Crippen molar-refractivity contribution in [3.8, 4) is 0 Å². The molecule has 0 fully saturated rings. The van der Waals surface area contributed by atoms with Gasteiger partial charge in [0.1, 0.15) is 0 Å². The Kier molecular flexibility index (Phi) is 7.03. The first-order chi connectivity index (χ1) is 9.56. The molecule has 0 aliphatic carbocycles. The van der Waals surface area contributed by atoms with Crippen molar-refractivity contribution < 1.29 is 5.11 Å². The van der Waals surface area contributed by atoms with Gasteiger partial charge in [-0.15, -0.1) is 0 Å². The second-order valence-electron chi connectivity index (χ2n) is 5.79. The van der Waals surface area contributed by atoms with Crippen LogP contribution in [0.15, 0.2) is 24.3 Å². The minimum atomic E-state index is -0.139. The van der Waals surface area contributed by atoms with Gasteiger partial charge in [-0.05, 0) is 58.7 Å². The molecule has 0 spiro atoms. The fraction of sp³-hybridized carbons (Fsp3) is 0.647. The van der Waals surface area contributed by atoms with Gasteiger partial charge in [-0.1, -0.05) is 18.2 Å². The zero-order chi connectivity index (χ0) is 15.0. The number of rotatable bonds is 9.